The second kappa shape index (κ2) is 7.33. The Kier molecular flexibility index (Phi) is 5.16. The van der Waals surface area contributed by atoms with Gasteiger partial charge in [0, 0.05) is 19.2 Å². The van der Waals surface area contributed by atoms with E-state index in [1.807, 2.05) is 26.0 Å². The number of thiazole rings is 1. The second-order valence-electron chi connectivity index (χ2n) is 6.29. The van der Waals surface area contributed by atoms with Crippen molar-refractivity contribution >= 4 is 27.5 Å². The monoisotopic (exact) mass is 354 g/mol. The zero-order valence-electron chi connectivity index (χ0n) is 15.0. The van der Waals surface area contributed by atoms with Gasteiger partial charge in [-0.25, -0.2) is 0 Å². The van der Waals surface area contributed by atoms with Crippen LogP contribution in [0.25, 0.3) is 10.2 Å². The first kappa shape index (κ1) is 17.6. The molecule has 2 aromatic carbocycles. The summed E-state index contributed by atoms with van der Waals surface area (Å²) >= 11 is 1.54. The van der Waals surface area contributed by atoms with Crippen molar-refractivity contribution < 1.29 is 9.53 Å². The number of aryl methyl sites for hydroxylation is 3. The fourth-order valence-electron chi connectivity index (χ4n) is 2.91. The lowest BCUT2D eigenvalue weighted by molar-refractivity contribution is 0.0997. The van der Waals surface area contributed by atoms with Gasteiger partial charge < -0.3 is 9.30 Å². The molecule has 1 amide bonds. The number of amides is 1. The number of methoxy groups -OCH3 is 1. The first-order chi connectivity index (χ1) is 12.0. The molecule has 0 aliphatic heterocycles. The smallest absolute Gasteiger partial charge is 0.279 e. The average molecular weight is 354 g/mol. The fraction of sp³-hybridized carbons (Fsp3) is 0.300. The number of hydrogen-bond donors (Lipinski definition) is 0. The maximum absolute atomic E-state index is 12.7. The molecule has 0 fully saturated rings. The summed E-state index contributed by atoms with van der Waals surface area (Å²) in [4.78, 5) is 17.8. The maximum Gasteiger partial charge on any atom is 0.279 e. The number of aromatic nitrogens is 1. The molecule has 0 N–H and O–H groups in total. The van der Waals surface area contributed by atoms with Gasteiger partial charge in [-0.1, -0.05) is 34.6 Å². The van der Waals surface area contributed by atoms with Crippen LogP contribution in [-0.4, -0.2) is 24.2 Å². The molecule has 0 aliphatic rings. The van der Waals surface area contributed by atoms with Gasteiger partial charge in [0.1, 0.15) is 0 Å². The number of ether oxygens (including phenoxy) is 1. The van der Waals surface area contributed by atoms with Gasteiger partial charge in [0.2, 0.25) is 0 Å². The Morgan fingerprint density at radius 2 is 1.80 bits per heavy atom. The molecule has 130 valence electrons. The highest BCUT2D eigenvalue weighted by molar-refractivity contribution is 7.16. The molecule has 0 radical (unpaired) electrons. The summed E-state index contributed by atoms with van der Waals surface area (Å²) in [5.41, 5.74) is 5.04. The van der Waals surface area contributed by atoms with E-state index < -0.39 is 0 Å². The van der Waals surface area contributed by atoms with Crippen molar-refractivity contribution in [2.24, 2.45) is 4.99 Å². The number of carbonyl (C=O) groups is 1. The fourth-order valence-corrected chi connectivity index (χ4v) is 4.07. The van der Waals surface area contributed by atoms with E-state index in [0.717, 1.165) is 21.3 Å². The molecule has 1 heterocycles. The van der Waals surface area contributed by atoms with E-state index in [-0.39, 0.29) is 5.91 Å². The molecule has 0 atom stereocenters. The Morgan fingerprint density at radius 1 is 1.08 bits per heavy atom. The van der Waals surface area contributed by atoms with Crippen molar-refractivity contribution in [1.29, 1.82) is 0 Å². The lowest BCUT2D eigenvalue weighted by atomic mass is 10.1. The first-order valence-electron chi connectivity index (χ1n) is 8.24. The van der Waals surface area contributed by atoms with Crippen LogP contribution in [0.4, 0.5) is 0 Å². The molecule has 4 nitrogen and oxygen atoms in total. The van der Waals surface area contributed by atoms with Crippen LogP contribution in [0.2, 0.25) is 0 Å². The van der Waals surface area contributed by atoms with Gasteiger partial charge in [0.15, 0.2) is 4.80 Å². The quantitative estimate of drug-likeness (QED) is 0.710. The summed E-state index contributed by atoms with van der Waals surface area (Å²) in [7, 11) is 1.68. The van der Waals surface area contributed by atoms with Crippen LogP contribution in [0.15, 0.2) is 41.4 Å². The molecular formula is C20H22N2O2S. The van der Waals surface area contributed by atoms with Gasteiger partial charge in [0.25, 0.3) is 5.91 Å². The largest absolute Gasteiger partial charge is 0.383 e. The molecule has 3 aromatic rings. The van der Waals surface area contributed by atoms with E-state index in [1.165, 1.54) is 16.9 Å². The second-order valence-corrected chi connectivity index (χ2v) is 7.30. The average Bonchev–Trinajstić information content (AvgIpc) is 2.88. The van der Waals surface area contributed by atoms with Crippen molar-refractivity contribution in [3.63, 3.8) is 0 Å². The van der Waals surface area contributed by atoms with E-state index in [4.69, 9.17) is 4.74 Å². The van der Waals surface area contributed by atoms with Crippen LogP contribution in [0.1, 0.15) is 27.0 Å². The molecule has 0 spiro atoms. The van der Waals surface area contributed by atoms with Gasteiger partial charge in [-0.2, -0.15) is 4.99 Å². The van der Waals surface area contributed by atoms with E-state index >= 15 is 0 Å². The number of fused-ring (bicyclic) bond motifs is 1. The molecule has 5 heteroatoms. The van der Waals surface area contributed by atoms with Crippen molar-refractivity contribution in [2.75, 3.05) is 13.7 Å². The van der Waals surface area contributed by atoms with E-state index in [9.17, 15) is 4.79 Å². The number of rotatable bonds is 4. The minimum atomic E-state index is -0.207. The molecule has 0 unspecified atom stereocenters. The van der Waals surface area contributed by atoms with Crippen LogP contribution in [0, 0.1) is 20.8 Å². The van der Waals surface area contributed by atoms with Crippen molar-refractivity contribution in [3.05, 3.63) is 63.5 Å². The molecule has 0 bridgehead atoms. The highest BCUT2D eigenvalue weighted by atomic mass is 32.1. The van der Waals surface area contributed by atoms with Crippen LogP contribution >= 0.6 is 11.3 Å². The lowest BCUT2D eigenvalue weighted by Gasteiger charge is -2.05. The van der Waals surface area contributed by atoms with Crippen LogP contribution in [-0.2, 0) is 11.3 Å². The van der Waals surface area contributed by atoms with Crippen LogP contribution in [0.5, 0.6) is 0 Å². The number of hydrogen-bond acceptors (Lipinski definition) is 3. The van der Waals surface area contributed by atoms with Crippen molar-refractivity contribution in [2.45, 2.75) is 27.3 Å². The minimum Gasteiger partial charge on any atom is -0.383 e. The third kappa shape index (κ3) is 3.89. The summed E-state index contributed by atoms with van der Waals surface area (Å²) in [6.45, 7) is 7.29. The molecule has 3 rings (SSSR count). The Morgan fingerprint density at radius 3 is 2.48 bits per heavy atom. The number of nitrogens with zero attached hydrogens (tertiary/aromatic N) is 2. The van der Waals surface area contributed by atoms with Crippen molar-refractivity contribution in [1.82, 2.24) is 4.57 Å². The highest BCUT2D eigenvalue weighted by Crippen LogP contribution is 2.19. The predicted molar refractivity (Wildman–Crippen MR) is 102 cm³/mol. The summed E-state index contributed by atoms with van der Waals surface area (Å²) in [5, 5.41) is 0. The van der Waals surface area contributed by atoms with Gasteiger partial charge in [-0.15, -0.1) is 0 Å². The third-order valence-corrected chi connectivity index (χ3v) is 5.06. The van der Waals surface area contributed by atoms with E-state index in [2.05, 4.69) is 40.7 Å². The number of carbonyl (C=O) groups excluding carboxylic acids is 1. The summed E-state index contributed by atoms with van der Waals surface area (Å²) in [5.74, 6) is -0.207. The Balaban J connectivity index is 2.12. The predicted octanol–water partition coefficient (Wildman–Crippen LogP) is 4.02. The lowest BCUT2D eigenvalue weighted by Crippen LogP contribution is -2.19. The number of benzene rings is 2. The first-order valence-corrected chi connectivity index (χ1v) is 9.06. The zero-order chi connectivity index (χ0) is 18.0. The van der Waals surface area contributed by atoms with Gasteiger partial charge in [-0.3, -0.25) is 4.79 Å². The summed E-state index contributed by atoms with van der Waals surface area (Å²) < 4.78 is 8.41. The van der Waals surface area contributed by atoms with Gasteiger partial charge in [0.05, 0.1) is 16.8 Å². The molecule has 0 saturated carbocycles. The molecule has 0 aliphatic carbocycles. The normalized spacial score (nSPS) is 12.1. The Bertz CT molecular complexity index is 978. The highest BCUT2D eigenvalue weighted by Gasteiger charge is 2.10. The molecule has 1 aromatic heterocycles. The van der Waals surface area contributed by atoms with Gasteiger partial charge >= 0.3 is 0 Å². The standard InChI is InChI=1S/C20H22N2O2S/c1-13-5-6-17-18(12-13)25-20(22(17)7-8-24-4)21-19(23)16-10-14(2)9-15(3)11-16/h5-6,9-12H,7-8H2,1-4H3. The Labute approximate surface area is 151 Å². The zero-order valence-corrected chi connectivity index (χ0v) is 15.8. The SMILES string of the molecule is COCCn1c(=NC(=O)c2cc(C)cc(C)c2)sc2cc(C)ccc21. The molecular weight excluding hydrogens is 332 g/mol. The summed E-state index contributed by atoms with van der Waals surface area (Å²) in [6.07, 6.45) is 0. The topological polar surface area (TPSA) is 43.6 Å². The van der Waals surface area contributed by atoms with Crippen LogP contribution < -0.4 is 4.80 Å². The Hall–Kier alpha value is -2.24. The van der Waals surface area contributed by atoms with Gasteiger partial charge in [-0.05, 0) is 50.6 Å². The van der Waals surface area contributed by atoms with E-state index in [0.29, 0.717) is 23.5 Å². The maximum atomic E-state index is 12.7. The summed E-state index contributed by atoms with van der Waals surface area (Å²) in [6, 6.07) is 12.1. The third-order valence-electron chi connectivity index (χ3n) is 4.02. The van der Waals surface area contributed by atoms with E-state index in [1.54, 1.807) is 7.11 Å². The molecule has 0 saturated heterocycles. The minimum absolute atomic E-state index is 0.207. The van der Waals surface area contributed by atoms with Crippen LogP contribution in [0.3, 0.4) is 0 Å². The van der Waals surface area contributed by atoms with Crippen molar-refractivity contribution in [3.8, 4) is 0 Å². The molecule has 25 heavy (non-hydrogen) atoms.